The highest BCUT2D eigenvalue weighted by Gasteiger charge is 2.25. The van der Waals surface area contributed by atoms with E-state index in [0.717, 1.165) is 5.56 Å². The lowest BCUT2D eigenvalue weighted by atomic mass is 10.2. The van der Waals surface area contributed by atoms with Crippen molar-refractivity contribution >= 4 is 15.8 Å². The number of carboxylic acid groups (broad SMARTS) is 1. The largest absolute Gasteiger partial charge is 0.481 e. The fourth-order valence-electron chi connectivity index (χ4n) is 1.25. The Morgan fingerprint density at radius 3 is 2.62 bits per heavy atom. The quantitative estimate of drug-likeness (QED) is 0.803. The van der Waals surface area contributed by atoms with Gasteiger partial charge >= 0.3 is 5.97 Å². The highest BCUT2D eigenvalue weighted by Crippen LogP contribution is 2.16. The molecule has 1 atom stereocenters. The zero-order valence-corrected chi connectivity index (χ0v) is 9.57. The summed E-state index contributed by atoms with van der Waals surface area (Å²) in [7, 11) is -3.76. The number of aryl methyl sites for hydroxylation is 1. The Morgan fingerprint density at radius 2 is 2.12 bits per heavy atom. The molecule has 3 N–H and O–H groups in total. The van der Waals surface area contributed by atoms with Crippen LogP contribution in [-0.2, 0) is 14.6 Å². The minimum absolute atomic E-state index is 0.0567. The van der Waals surface area contributed by atoms with Gasteiger partial charge in [0.1, 0.15) is 5.37 Å². The van der Waals surface area contributed by atoms with Crippen molar-refractivity contribution in [1.29, 1.82) is 0 Å². The summed E-state index contributed by atoms with van der Waals surface area (Å²) in [5.74, 6) is -1.23. The Hall–Kier alpha value is -1.40. The van der Waals surface area contributed by atoms with Crippen LogP contribution < -0.4 is 5.73 Å². The van der Waals surface area contributed by atoms with E-state index in [9.17, 15) is 13.2 Å². The van der Waals surface area contributed by atoms with Gasteiger partial charge in [0.25, 0.3) is 0 Å². The summed E-state index contributed by atoms with van der Waals surface area (Å²) in [5, 5.41) is 7.09. The molecule has 6 heteroatoms. The van der Waals surface area contributed by atoms with Crippen molar-refractivity contribution in [3.63, 3.8) is 0 Å². The molecule has 1 aromatic rings. The van der Waals surface area contributed by atoms with Crippen molar-refractivity contribution in [2.24, 2.45) is 5.73 Å². The van der Waals surface area contributed by atoms with Gasteiger partial charge in [-0.15, -0.1) is 0 Å². The third-order valence-corrected chi connectivity index (χ3v) is 3.97. The third kappa shape index (κ3) is 2.80. The maximum Gasteiger partial charge on any atom is 0.306 e. The summed E-state index contributed by atoms with van der Waals surface area (Å²) >= 11 is 0. The van der Waals surface area contributed by atoms with Gasteiger partial charge in [-0.05, 0) is 24.6 Å². The van der Waals surface area contributed by atoms with Crippen LogP contribution in [0, 0.1) is 6.92 Å². The zero-order chi connectivity index (χ0) is 12.3. The summed E-state index contributed by atoms with van der Waals surface area (Å²) in [6, 6.07) is 6.22. The van der Waals surface area contributed by atoms with Crippen molar-refractivity contribution in [3.05, 3.63) is 29.8 Å². The molecule has 0 bridgehead atoms. The summed E-state index contributed by atoms with van der Waals surface area (Å²) in [4.78, 5) is 10.5. The van der Waals surface area contributed by atoms with E-state index in [4.69, 9.17) is 10.8 Å². The minimum Gasteiger partial charge on any atom is -0.481 e. The number of carboxylic acids is 1. The molecule has 1 unspecified atom stereocenters. The molecule has 0 radical (unpaired) electrons. The van der Waals surface area contributed by atoms with Crippen molar-refractivity contribution in [1.82, 2.24) is 0 Å². The monoisotopic (exact) mass is 243 g/mol. The molecule has 0 spiro atoms. The van der Waals surface area contributed by atoms with Crippen LogP contribution in [0.25, 0.3) is 0 Å². The topological polar surface area (TPSA) is 97.5 Å². The van der Waals surface area contributed by atoms with Crippen molar-refractivity contribution in [2.45, 2.75) is 23.6 Å². The maximum absolute atomic E-state index is 11.8. The first-order chi connectivity index (χ1) is 7.34. The van der Waals surface area contributed by atoms with Gasteiger partial charge < -0.3 is 10.8 Å². The predicted octanol–water partition coefficient (Wildman–Crippen LogP) is 0.528. The zero-order valence-electron chi connectivity index (χ0n) is 8.75. The Balaban J connectivity index is 3.07. The Labute approximate surface area is 93.8 Å². The second-order valence-electron chi connectivity index (χ2n) is 3.50. The maximum atomic E-state index is 11.8. The first kappa shape index (κ1) is 12.7. The lowest BCUT2D eigenvalue weighted by Gasteiger charge is -2.11. The van der Waals surface area contributed by atoms with E-state index in [2.05, 4.69) is 0 Å². The molecule has 0 saturated carbocycles. The average molecular weight is 243 g/mol. The number of hydrogen-bond acceptors (Lipinski definition) is 4. The van der Waals surface area contributed by atoms with Crippen LogP contribution in [-0.4, -0.2) is 24.9 Å². The second-order valence-corrected chi connectivity index (χ2v) is 5.66. The summed E-state index contributed by atoms with van der Waals surface area (Å²) in [6.45, 7) is 1.75. The van der Waals surface area contributed by atoms with Crippen LogP contribution >= 0.6 is 0 Å². The van der Waals surface area contributed by atoms with Crippen LogP contribution in [0.2, 0.25) is 0 Å². The number of hydrogen-bond donors (Lipinski definition) is 2. The van der Waals surface area contributed by atoms with E-state index in [0.29, 0.717) is 0 Å². The molecule has 0 aliphatic rings. The molecule has 1 aromatic carbocycles. The van der Waals surface area contributed by atoms with Gasteiger partial charge in [0.2, 0.25) is 0 Å². The Bertz CT molecular complexity index is 495. The molecule has 88 valence electrons. The number of carbonyl (C=O) groups is 1. The van der Waals surface area contributed by atoms with Crippen molar-refractivity contribution in [3.8, 4) is 0 Å². The fraction of sp³-hybridized carbons (Fsp3) is 0.300. The predicted molar refractivity (Wildman–Crippen MR) is 58.6 cm³/mol. The molecule has 0 aromatic heterocycles. The molecule has 0 fully saturated rings. The number of rotatable bonds is 4. The molecule has 0 aliphatic carbocycles. The van der Waals surface area contributed by atoms with Crippen molar-refractivity contribution in [2.75, 3.05) is 0 Å². The number of nitrogens with two attached hydrogens (primary N) is 1. The van der Waals surface area contributed by atoms with Gasteiger partial charge in [0.05, 0.1) is 11.3 Å². The number of sulfone groups is 1. The van der Waals surface area contributed by atoms with Crippen LogP contribution in [0.15, 0.2) is 29.2 Å². The van der Waals surface area contributed by atoms with Gasteiger partial charge in [0, 0.05) is 0 Å². The van der Waals surface area contributed by atoms with Gasteiger partial charge in [0.15, 0.2) is 9.84 Å². The highest BCUT2D eigenvalue weighted by atomic mass is 32.2. The summed E-state index contributed by atoms with van der Waals surface area (Å²) in [5.41, 5.74) is 6.15. The Morgan fingerprint density at radius 1 is 1.50 bits per heavy atom. The van der Waals surface area contributed by atoms with Crippen LogP contribution in [0.4, 0.5) is 0 Å². The highest BCUT2D eigenvalue weighted by molar-refractivity contribution is 7.92. The lowest BCUT2D eigenvalue weighted by Crippen LogP contribution is -2.33. The Kier molecular flexibility index (Phi) is 3.66. The van der Waals surface area contributed by atoms with Crippen LogP contribution in [0.1, 0.15) is 12.0 Å². The third-order valence-electron chi connectivity index (χ3n) is 2.09. The van der Waals surface area contributed by atoms with Crippen molar-refractivity contribution < 1.29 is 18.3 Å². The van der Waals surface area contributed by atoms with Gasteiger partial charge in [-0.1, -0.05) is 12.1 Å². The first-order valence-electron chi connectivity index (χ1n) is 4.62. The standard InChI is InChI=1S/C10H13NO4S/c1-7-3-2-4-8(5-7)16(14,15)9(11)6-10(12)13/h2-5,9H,6,11H2,1H3,(H,12,13). The molecular weight excluding hydrogens is 230 g/mol. The second kappa shape index (κ2) is 4.63. The van der Waals surface area contributed by atoms with Crippen LogP contribution in [0.3, 0.4) is 0 Å². The molecule has 0 saturated heterocycles. The lowest BCUT2D eigenvalue weighted by molar-refractivity contribution is -0.137. The van der Waals surface area contributed by atoms with E-state index in [-0.39, 0.29) is 4.90 Å². The van der Waals surface area contributed by atoms with Gasteiger partial charge in [-0.3, -0.25) is 4.79 Å². The molecule has 16 heavy (non-hydrogen) atoms. The summed E-state index contributed by atoms with van der Waals surface area (Å²) in [6.07, 6.45) is -0.601. The summed E-state index contributed by atoms with van der Waals surface area (Å²) < 4.78 is 23.7. The molecule has 5 nitrogen and oxygen atoms in total. The van der Waals surface area contributed by atoms with E-state index in [1.54, 1.807) is 19.1 Å². The van der Waals surface area contributed by atoms with E-state index in [1.165, 1.54) is 12.1 Å². The molecular formula is C10H13NO4S. The van der Waals surface area contributed by atoms with E-state index >= 15 is 0 Å². The molecule has 1 rings (SSSR count). The molecule has 0 aliphatic heterocycles. The minimum atomic E-state index is -3.76. The fourth-order valence-corrected chi connectivity index (χ4v) is 2.58. The molecule has 0 amide bonds. The van der Waals surface area contributed by atoms with E-state index in [1.807, 2.05) is 0 Å². The SMILES string of the molecule is Cc1cccc(S(=O)(=O)C(N)CC(=O)O)c1. The normalized spacial score (nSPS) is 13.4. The van der Waals surface area contributed by atoms with Gasteiger partial charge in [-0.25, -0.2) is 8.42 Å². The average Bonchev–Trinajstić information content (AvgIpc) is 2.16. The molecule has 0 heterocycles. The number of benzene rings is 1. The first-order valence-corrected chi connectivity index (χ1v) is 6.16. The van der Waals surface area contributed by atoms with Crippen LogP contribution in [0.5, 0.6) is 0 Å². The number of aliphatic carboxylic acids is 1. The smallest absolute Gasteiger partial charge is 0.306 e. The van der Waals surface area contributed by atoms with E-state index < -0.39 is 27.6 Å². The van der Waals surface area contributed by atoms with Gasteiger partial charge in [-0.2, -0.15) is 0 Å².